The van der Waals surface area contributed by atoms with Crippen molar-refractivity contribution in [2.75, 3.05) is 19.1 Å². The summed E-state index contributed by atoms with van der Waals surface area (Å²) in [5.74, 6) is -0.273. The fraction of sp³-hybridized carbons (Fsp3) is 0.500. The highest BCUT2D eigenvalue weighted by atomic mass is 79.9. The van der Waals surface area contributed by atoms with E-state index in [2.05, 4.69) is 26.1 Å². The van der Waals surface area contributed by atoms with Gasteiger partial charge in [-0.1, -0.05) is 15.9 Å². The molecule has 0 saturated heterocycles. The second-order valence-electron chi connectivity index (χ2n) is 3.30. The molecule has 84 valence electrons. The van der Waals surface area contributed by atoms with Crippen molar-refractivity contribution in [2.24, 2.45) is 0 Å². The summed E-state index contributed by atoms with van der Waals surface area (Å²) in [5, 5.41) is 0. The van der Waals surface area contributed by atoms with Gasteiger partial charge in [-0.25, -0.2) is 0 Å². The number of esters is 1. The molecule has 0 aromatic carbocycles. The fourth-order valence-corrected chi connectivity index (χ4v) is 1.63. The molecule has 1 aromatic heterocycles. The van der Waals surface area contributed by atoms with Crippen LogP contribution >= 0.6 is 15.9 Å². The van der Waals surface area contributed by atoms with Crippen LogP contribution in [0.15, 0.2) is 12.1 Å². The molecule has 1 heterocycles. The summed E-state index contributed by atoms with van der Waals surface area (Å²) in [4.78, 5) is 10.8. The van der Waals surface area contributed by atoms with Gasteiger partial charge in [0.1, 0.15) is 4.83 Å². The topological polar surface area (TPSA) is 43.3 Å². The SMILES string of the molecule is COC(=O)C(Br)CNn1c(C)ccc1C. The summed E-state index contributed by atoms with van der Waals surface area (Å²) in [6.07, 6.45) is 0. The fourth-order valence-electron chi connectivity index (χ4n) is 1.30. The maximum Gasteiger partial charge on any atom is 0.321 e. The Bertz CT molecular complexity index is 330. The zero-order valence-electron chi connectivity index (χ0n) is 9.08. The number of hydrogen-bond acceptors (Lipinski definition) is 3. The van der Waals surface area contributed by atoms with Crippen molar-refractivity contribution >= 4 is 21.9 Å². The van der Waals surface area contributed by atoms with Gasteiger partial charge < -0.3 is 10.2 Å². The summed E-state index contributed by atoms with van der Waals surface area (Å²) in [6.45, 7) is 4.49. The van der Waals surface area contributed by atoms with Gasteiger partial charge in [0.05, 0.1) is 13.7 Å². The van der Waals surface area contributed by atoms with E-state index in [0.717, 1.165) is 11.4 Å². The Labute approximate surface area is 97.7 Å². The molecule has 15 heavy (non-hydrogen) atoms. The monoisotopic (exact) mass is 274 g/mol. The lowest BCUT2D eigenvalue weighted by Crippen LogP contribution is -2.29. The average molecular weight is 275 g/mol. The third-order valence-corrected chi connectivity index (χ3v) is 2.85. The first kappa shape index (κ1) is 12.1. The van der Waals surface area contributed by atoms with Crippen molar-refractivity contribution in [3.8, 4) is 0 Å². The van der Waals surface area contributed by atoms with Crippen LogP contribution in [0.3, 0.4) is 0 Å². The lowest BCUT2D eigenvalue weighted by atomic mass is 10.4. The molecule has 0 saturated carbocycles. The molecule has 0 radical (unpaired) electrons. The summed E-state index contributed by atoms with van der Waals surface area (Å²) >= 11 is 3.25. The van der Waals surface area contributed by atoms with Gasteiger partial charge in [-0.15, -0.1) is 0 Å². The van der Waals surface area contributed by atoms with Gasteiger partial charge in [-0.05, 0) is 26.0 Å². The highest BCUT2D eigenvalue weighted by molar-refractivity contribution is 9.10. The number of hydrogen-bond donors (Lipinski definition) is 1. The van der Waals surface area contributed by atoms with Gasteiger partial charge in [0.2, 0.25) is 0 Å². The number of alkyl halides is 1. The summed E-state index contributed by atoms with van der Waals surface area (Å²) in [7, 11) is 1.38. The van der Waals surface area contributed by atoms with E-state index in [1.54, 1.807) is 0 Å². The Kier molecular flexibility index (Phi) is 4.20. The van der Waals surface area contributed by atoms with Crippen molar-refractivity contribution in [2.45, 2.75) is 18.7 Å². The third kappa shape index (κ3) is 2.99. The molecular weight excluding hydrogens is 260 g/mol. The van der Waals surface area contributed by atoms with Crippen molar-refractivity contribution in [1.29, 1.82) is 0 Å². The van der Waals surface area contributed by atoms with Crippen LogP contribution in [-0.2, 0) is 9.53 Å². The molecule has 0 spiro atoms. The first-order chi connectivity index (χ1) is 7.06. The van der Waals surface area contributed by atoms with Gasteiger partial charge in [-0.3, -0.25) is 9.47 Å². The molecule has 1 aromatic rings. The Morgan fingerprint density at radius 2 is 2.07 bits per heavy atom. The van der Waals surface area contributed by atoms with Crippen molar-refractivity contribution < 1.29 is 9.53 Å². The Hall–Kier alpha value is -0.970. The van der Waals surface area contributed by atoms with Crippen LogP contribution in [0.1, 0.15) is 11.4 Å². The van der Waals surface area contributed by atoms with E-state index in [0.29, 0.717) is 6.54 Å². The van der Waals surface area contributed by atoms with Gasteiger partial charge in [0.15, 0.2) is 0 Å². The maximum atomic E-state index is 11.1. The van der Waals surface area contributed by atoms with E-state index in [4.69, 9.17) is 0 Å². The summed E-state index contributed by atoms with van der Waals surface area (Å²) in [6, 6.07) is 4.04. The Morgan fingerprint density at radius 3 is 2.53 bits per heavy atom. The van der Waals surface area contributed by atoms with Crippen LogP contribution in [-0.4, -0.2) is 29.1 Å². The first-order valence-electron chi connectivity index (χ1n) is 4.67. The van der Waals surface area contributed by atoms with Gasteiger partial charge in [0.25, 0.3) is 0 Å². The highest BCUT2D eigenvalue weighted by Gasteiger charge is 2.14. The molecule has 1 N–H and O–H groups in total. The predicted molar refractivity (Wildman–Crippen MR) is 62.9 cm³/mol. The number of nitrogens with one attached hydrogen (secondary N) is 1. The Balaban J connectivity index is 2.54. The number of rotatable bonds is 4. The zero-order chi connectivity index (χ0) is 11.4. The molecule has 0 aliphatic carbocycles. The minimum absolute atomic E-state index is 0.273. The largest absolute Gasteiger partial charge is 0.468 e. The highest BCUT2D eigenvalue weighted by Crippen LogP contribution is 2.06. The van der Waals surface area contributed by atoms with Crippen LogP contribution in [0.4, 0.5) is 0 Å². The molecule has 0 amide bonds. The summed E-state index contributed by atoms with van der Waals surface area (Å²) in [5.41, 5.74) is 5.36. The molecular formula is C10H15BrN2O2. The summed E-state index contributed by atoms with van der Waals surface area (Å²) < 4.78 is 6.55. The van der Waals surface area contributed by atoms with Gasteiger partial charge >= 0.3 is 5.97 Å². The molecule has 5 heteroatoms. The molecule has 0 fully saturated rings. The van der Waals surface area contributed by atoms with E-state index >= 15 is 0 Å². The number of nitrogens with zero attached hydrogens (tertiary/aromatic N) is 1. The number of carbonyl (C=O) groups is 1. The minimum atomic E-state index is -0.330. The van der Waals surface area contributed by atoms with Gasteiger partial charge in [0, 0.05) is 11.4 Å². The smallest absolute Gasteiger partial charge is 0.321 e. The quantitative estimate of drug-likeness (QED) is 0.670. The third-order valence-electron chi connectivity index (χ3n) is 2.16. The molecule has 1 unspecified atom stereocenters. The van der Waals surface area contributed by atoms with E-state index < -0.39 is 0 Å². The predicted octanol–water partition coefficient (Wildman–Crippen LogP) is 1.58. The lowest BCUT2D eigenvalue weighted by molar-refractivity contribution is -0.139. The number of aromatic nitrogens is 1. The van der Waals surface area contributed by atoms with Crippen LogP contribution in [0, 0.1) is 13.8 Å². The number of ether oxygens (including phenoxy) is 1. The van der Waals surface area contributed by atoms with Gasteiger partial charge in [-0.2, -0.15) is 0 Å². The van der Waals surface area contributed by atoms with E-state index in [1.807, 2.05) is 30.7 Å². The van der Waals surface area contributed by atoms with Crippen LogP contribution in [0.2, 0.25) is 0 Å². The van der Waals surface area contributed by atoms with Crippen LogP contribution in [0.5, 0.6) is 0 Å². The van der Waals surface area contributed by atoms with E-state index in [1.165, 1.54) is 7.11 Å². The van der Waals surface area contributed by atoms with Crippen LogP contribution < -0.4 is 5.43 Å². The normalized spacial score (nSPS) is 12.3. The van der Waals surface area contributed by atoms with Crippen LogP contribution in [0.25, 0.3) is 0 Å². The van der Waals surface area contributed by atoms with E-state index in [-0.39, 0.29) is 10.8 Å². The molecule has 0 aliphatic heterocycles. The molecule has 0 bridgehead atoms. The minimum Gasteiger partial charge on any atom is -0.468 e. The molecule has 0 aliphatic rings. The number of carbonyl (C=O) groups excluding carboxylic acids is 1. The number of aryl methyl sites for hydroxylation is 2. The number of methoxy groups -OCH3 is 1. The average Bonchev–Trinajstić information content (AvgIpc) is 2.54. The van der Waals surface area contributed by atoms with Crippen molar-refractivity contribution in [3.63, 3.8) is 0 Å². The van der Waals surface area contributed by atoms with Crippen molar-refractivity contribution in [1.82, 2.24) is 4.68 Å². The van der Waals surface area contributed by atoms with E-state index in [9.17, 15) is 4.79 Å². The maximum absolute atomic E-state index is 11.1. The van der Waals surface area contributed by atoms with Crippen molar-refractivity contribution in [3.05, 3.63) is 23.5 Å². The molecule has 1 atom stereocenters. The first-order valence-corrected chi connectivity index (χ1v) is 5.58. The Morgan fingerprint density at radius 1 is 1.53 bits per heavy atom. The standard InChI is InChI=1S/C10H15BrN2O2/c1-7-4-5-8(2)13(7)12-6-9(11)10(14)15-3/h4-5,9,12H,6H2,1-3H3. The lowest BCUT2D eigenvalue weighted by Gasteiger charge is -2.14. The second kappa shape index (κ2) is 5.21. The second-order valence-corrected chi connectivity index (χ2v) is 4.41. The molecule has 4 nitrogen and oxygen atoms in total. The number of halogens is 1. The molecule has 1 rings (SSSR count). The zero-order valence-corrected chi connectivity index (χ0v) is 10.7.